The Morgan fingerprint density at radius 1 is 1.31 bits per heavy atom. The smallest absolute Gasteiger partial charge is 0.0695 e. The van der Waals surface area contributed by atoms with Gasteiger partial charge in [0.25, 0.3) is 0 Å². The molecule has 1 rings (SSSR count). The van der Waals surface area contributed by atoms with Crippen LogP contribution in [0.15, 0.2) is 0 Å². The standard InChI is InChI=1S/C12H25NO3/c1-10(9-16-3)13(6-7-15-2)8-12(14)11-4-5-11/h10-12,14H,4-9H2,1-3H3. The number of rotatable bonds is 9. The summed E-state index contributed by atoms with van der Waals surface area (Å²) in [5.41, 5.74) is 0. The lowest BCUT2D eigenvalue weighted by atomic mass is 10.2. The molecule has 1 N–H and O–H groups in total. The lowest BCUT2D eigenvalue weighted by Crippen LogP contribution is -2.43. The lowest BCUT2D eigenvalue weighted by Gasteiger charge is -2.30. The summed E-state index contributed by atoms with van der Waals surface area (Å²) in [6, 6.07) is 0.327. The Morgan fingerprint density at radius 2 is 2.00 bits per heavy atom. The van der Waals surface area contributed by atoms with Crippen molar-refractivity contribution in [2.75, 3.05) is 40.5 Å². The molecule has 0 saturated heterocycles. The zero-order valence-corrected chi connectivity index (χ0v) is 10.7. The topological polar surface area (TPSA) is 41.9 Å². The Morgan fingerprint density at radius 3 is 2.50 bits per heavy atom. The summed E-state index contributed by atoms with van der Waals surface area (Å²) in [5.74, 6) is 0.528. The largest absolute Gasteiger partial charge is 0.392 e. The maximum atomic E-state index is 9.95. The molecule has 0 aromatic carbocycles. The normalized spacial score (nSPS) is 20.1. The molecule has 96 valence electrons. The quantitative estimate of drug-likeness (QED) is 0.635. The van der Waals surface area contributed by atoms with Crippen molar-refractivity contribution in [3.8, 4) is 0 Å². The molecular formula is C12H25NO3. The first-order valence-electron chi connectivity index (χ1n) is 6.09. The van der Waals surface area contributed by atoms with E-state index in [0.29, 0.717) is 25.2 Å². The van der Waals surface area contributed by atoms with Crippen LogP contribution in [0, 0.1) is 5.92 Å². The molecule has 0 amide bonds. The van der Waals surface area contributed by atoms with E-state index in [1.165, 1.54) is 12.8 Å². The monoisotopic (exact) mass is 231 g/mol. The van der Waals surface area contributed by atoms with Crippen LogP contribution in [0.2, 0.25) is 0 Å². The van der Waals surface area contributed by atoms with Crippen molar-refractivity contribution in [1.29, 1.82) is 0 Å². The second kappa shape index (κ2) is 7.22. The fraction of sp³-hybridized carbons (Fsp3) is 1.00. The molecule has 1 saturated carbocycles. The van der Waals surface area contributed by atoms with E-state index in [-0.39, 0.29) is 6.10 Å². The summed E-state index contributed by atoms with van der Waals surface area (Å²) in [6.07, 6.45) is 2.17. The van der Waals surface area contributed by atoms with Crippen molar-refractivity contribution in [3.63, 3.8) is 0 Å². The van der Waals surface area contributed by atoms with Gasteiger partial charge in [-0.1, -0.05) is 0 Å². The highest BCUT2D eigenvalue weighted by molar-refractivity contribution is 4.84. The Hall–Kier alpha value is -0.160. The molecule has 1 fully saturated rings. The number of hydrogen-bond donors (Lipinski definition) is 1. The van der Waals surface area contributed by atoms with Crippen molar-refractivity contribution in [2.45, 2.75) is 31.9 Å². The Bertz CT molecular complexity index is 185. The zero-order valence-electron chi connectivity index (χ0n) is 10.7. The third-order valence-corrected chi connectivity index (χ3v) is 3.20. The molecule has 0 bridgehead atoms. The minimum Gasteiger partial charge on any atom is -0.392 e. The van der Waals surface area contributed by atoms with Crippen molar-refractivity contribution in [1.82, 2.24) is 4.90 Å². The van der Waals surface area contributed by atoms with Crippen molar-refractivity contribution in [3.05, 3.63) is 0 Å². The number of hydrogen-bond acceptors (Lipinski definition) is 4. The van der Waals surface area contributed by atoms with E-state index in [1.54, 1.807) is 14.2 Å². The summed E-state index contributed by atoms with van der Waals surface area (Å²) in [4.78, 5) is 2.25. The van der Waals surface area contributed by atoms with E-state index in [4.69, 9.17) is 9.47 Å². The number of nitrogens with zero attached hydrogens (tertiary/aromatic N) is 1. The minimum atomic E-state index is -0.184. The molecule has 0 aromatic rings. The third-order valence-electron chi connectivity index (χ3n) is 3.20. The van der Waals surface area contributed by atoms with Crippen molar-refractivity contribution >= 4 is 0 Å². The molecule has 0 spiro atoms. The predicted molar refractivity (Wildman–Crippen MR) is 63.5 cm³/mol. The Labute approximate surface area is 98.5 Å². The summed E-state index contributed by atoms with van der Waals surface area (Å²) in [7, 11) is 3.42. The molecule has 1 aliphatic rings. The van der Waals surface area contributed by atoms with E-state index < -0.39 is 0 Å². The number of methoxy groups -OCH3 is 2. The molecule has 0 radical (unpaired) electrons. The van der Waals surface area contributed by atoms with Crippen LogP contribution in [0.3, 0.4) is 0 Å². The molecule has 16 heavy (non-hydrogen) atoms. The SMILES string of the molecule is COCCN(CC(O)C1CC1)C(C)COC. The van der Waals surface area contributed by atoms with Crippen LogP contribution >= 0.6 is 0 Å². The van der Waals surface area contributed by atoms with Gasteiger partial charge in [-0.15, -0.1) is 0 Å². The zero-order chi connectivity index (χ0) is 12.0. The number of aliphatic hydroxyl groups excluding tert-OH is 1. The van der Waals surface area contributed by atoms with E-state index in [2.05, 4.69) is 11.8 Å². The molecular weight excluding hydrogens is 206 g/mol. The molecule has 4 heteroatoms. The highest BCUT2D eigenvalue weighted by Crippen LogP contribution is 2.33. The van der Waals surface area contributed by atoms with Crippen LogP contribution in [0.1, 0.15) is 19.8 Å². The average molecular weight is 231 g/mol. The predicted octanol–water partition coefficient (Wildman–Crippen LogP) is 0.741. The van der Waals surface area contributed by atoms with Crippen LogP contribution in [-0.4, -0.2) is 62.7 Å². The van der Waals surface area contributed by atoms with Gasteiger partial charge in [0.15, 0.2) is 0 Å². The second-order valence-electron chi connectivity index (χ2n) is 4.70. The van der Waals surface area contributed by atoms with Crippen molar-refractivity contribution < 1.29 is 14.6 Å². The van der Waals surface area contributed by atoms with Crippen LogP contribution in [-0.2, 0) is 9.47 Å². The Balaban J connectivity index is 2.34. The van der Waals surface area contributed by atoms with Crippen molar-refractivity contribution in [2.24, 2.45) is 5.92 Å². The van der Waals surface area contributed by atoms with Gasteiger partial charge in [0, 0.05) is 33.4 Å². The Kier molecular flexibility index (Phi) is 6.28. The molecule has 0 heterocycles. The molecule has 2 unspecified atom stereocenters. The maximum absolute atomic E-state index is 9.95. The van der Waals surface area contributed by atoms with Crippen LogP contribution in [0.25, 0.3) is 0 Å². The molecule has 0 aliphatic heterocycles. The summed E-state index contributed by atoms with van der Waals surface area (Å²) < 4.78 is 10.3. The van der Waals surface area contributed by atoms with Gasteiger partial charge in [-0.25, -0.2) is 0 Å². The first-order valence-corrected chi connectivity index (χ1v) is 6.09. The average Bonchev–Trinajstić information content (AvgIpc) is 3.07. The number of aliphatic hydroxyl groups is 1. The second-order valence-corrected chi connectivity index (χ2v) is 4.70. The lowest BCUT2D eigenvalue weighted by molar-refractivity contribution is 0.0322. The van der Waals surface area contributed by atoms with Gasteiger partial charge in [-0.3, -0.25) is 4.90 Å². The highest BCUT2D eigenvalue weighted by Gasteiger charge is 2.31. The van der Waals surface area contributed by atoms with Gasteiger partial charge in [0.1, 0.15) is 0 Å². The van der Waals surface area contributed by atoms with E-state index in [9.17, 15) is 5.11 Å². The van der Waals surface area contributed by atoms with Crippen LogP contribution in [0.4, 0.5) is 0 Å². The minimum absolute atomic E-state index is 0.184. The molecule has 2 atom stereocenters. The molecule has 4 nitrogen and oxygen atoms in total. The van der Waals surface area contributed by atoms with E-state index >= 15 is 0 Å². The summed E-state index contributed by atoms with van der Waals surface area (Å²) in [5, 5.41) is 9.95. The summed E-state index contributed by atoms with van der Waals surface area (Å²) >= 11 is 0. The van der Waals surface area contributed by atoms with Gasteiger partial charge in [-0.2, -0.15) is 0 Å². The van der Waals surface area contributed by atoms with E-state index in [0.717, 1.165) is 13.1 Å². The van der Waals surface area contributed by atoms with E-state index in [1.807, 2.05) is 0 Å². The van der Waals surface area contributed by atoms with Crippen LogP contribution < -0.4 is 0 Å². The van der Waals surface area contributed by atoms with Gasteiger partial charge in [-0.05, 0) is 25.7 Å². The maximum Gasteiger partial charge on any atom is 0.0695 e. The fourth-order valence-corrected chi connectivity index (χ4v) is 1.92. The van der Waals surface area contributed by atoms with Gasteiger partial charge in [0.2, 0.25) is 0 Å². The third kappa shape index (κ3) is 4.78. The first-order chi connectivity index (χ1) is 7.69. The first kappa shape index (κ1) is 13.9. The fourth-order valence-electron chi connectivity index (χ4n) is 1.92. The van der Waals surface area contributed by atoms with Gasteiger partial charge in [0.05, 0.1) is 19.3 Å². The van der Waals surface area contributed by atoms with Gasteiger partial charge >= 0.3 is 0 Å². The molecule has 1 aliphatic carbocycles. The van der Waals surface area contributed by atoms with Crippen LogP contribution in [0.5, 0.6) is 0 Å². The van der Waals surface area contributed by atoms with Gasteiger partial charge < -0.3 is 14.6 Å². The summed E-state index contributed by atoms with van der Waals surface area (Å²) in [6.45, 7) is 5.11. The highest BCUT2D eigenvalue weighted by atomic mass is 16.5. The molecule has 0 aromatic heterocycles. The number of ether oxygens (including phenoxy) is 2.